The maximum Gasteiger partial charge on any atom is 0.251 e. The second-order valence-electron chi connectivity index (χ2n) is 9.61. The van der Waals surface area contributed by atoms with E-state index in [2.05, 4.69) is 26.1 Å². The van der Waals surface area contributed by atoms with E-state index >= 15 is 0 Å². The van der Waals surface area contributed by atoms with Gasteiger partial charge in [-0.25, -0.2) is 0 Å². The molecule has 1 aliphatic rings. The monoisotopic (exact) mass is 509 g/mol. The van der Waals surface area contributed by atoms with Crippen molar-refractivity contribution in [2.75, 3.05) is 18.7 Å². The van der Waals surface area contributed by atoms with Crippen LogP contribution in [0.15, 0.2) is 71.8 Å². The quantitative estimate of drug-likeness (QED) is 0.387. The molecule has 4 rings (SSSR count). The second kappa shape index (κ2) is 10.3. The number of hydrazone groups is 1. The molecule has 0 spiro atoms. The molecule has 1 N–H and O–H groups in total. The highest BCUT2D eigenvalue weighted by atomic mass is 35.5. The summed E-state index contributed by atoms with van der Waals surface area (Å²) in [6.07, 6.45) is 0.647. The van der Waals surface area contributed by atoms with Gasteiger partial charge >= 0.3 is 0 Å². The lowest BCUT2D eigenvalue weighted by atomic mass is 9.87. The van der Waals surface area contributed by atoms with Crippen LogP contribution in [0.1, 0.15) is 54.7 Å². The Labute approximate surface area is 216 Å². The number of rotatable bonds is 6. The van der Waals surface area contributed by atoms with Gasteiger partial charge in [-0.15, -0.1) is 0 Å². The van der Waals surface area contributed by atoms with E-state index in [0.29, 0.717) is 28.6 Å². The molecule has 1 amide bonds. The third-order valence-corrected chi connectivity index (χ3v) is 6.63. The van der Waals surface area contributed by atoms with Crippen molar-refractivity contribution < 1.29 is 9.53 Å². The molecule has 0 bridgehead atoms. The highest BCUT2D eigenvalue weighted by Crippen LogP contribution is 2.39. The average molecular weight is 510 g/mol. The fraction of sp³-hybridized carbons (Fsp3) is 0.286. The van der Waals surface area contributed by atoms with E-state index in [9.17, 15) is 4.79 Å². The summed E-state index contributed by atoms with van der Waals surface area (Å²) in [6.45, 7) is 6.79. The van der Waals surface area contributed by atoms with Crippen LogP contribution >= 0.6 is 23.2 Å². The van der Waals surface area contributed by atoms with Gasteiger partial charge in [0.2, 0.25) is 0 Å². The molecule has 7 heteroatoms. The molecule has 5 nitrogen and oxygen atoms in total. The van der Waals surface area contributed by atoms with Crippen molar-refractivity contribution in [3.05, 3.63) is 93.5 Å². The predicted molar refractivity (Wildman–Crippen MR) is 144 cm³/mol. The van der Waals surface area contributed by atoms with Gasteiger partial charge in [0.1, 0.15) is 5.75 Å². The summed E-state index contributed by atoms with van der Waals surface area (Å²) < 4.78 is 5.30. The van der Waals surface area contributed by atoms with Crippen LogP contribution in [0.25, 0.3) is 0 Å². The molecule has 1 atom stereocenters. The van der Waals surface area contributed by atoms with E-state index in [1.165, 1.54) is 5.56 Å². The van der Waals surface area contributed by atoms with Crippen LogP contribution in [0.4, 0.5) is 5.69 Å². The van der Waals surface area contributed by atoms with Gasteiger partial charge in [-0.2, -0.15) is 5.10 Å². The number of hydrogen-bond donors (Lipinski definition) is 1. The zero-order valence-electron chi connectivity index (χ0n) is 20.3. The van der Waals surface area contributed by atoms with E-state index < -0.39 is 0 Å². The van der Waals surface area contributed by atoms with Gasteiger partial charge in [-0.3, -0.25) is 9.80 Å². The van der Waals surface area contributed by atoms with Gasteiger partial charge in [-0.05, 0) is 59.0 Å². The third kappa shape index (κ3) is 5.80. The first-order valence-corrected chi connectivity index (χ1v) is 12.2. The molecule has 0 aromatic heterocycles. The van der Waals surface area contributed by atoms with Crippen LogP contribution in [0, 0.1) is 0 Å². The maximum atomic E-state index is 12.8. The Morgan fingerprint density at radius 1 is 1.06 bits per heavy atom. The number of halogens is 2. The summed E-state index contributed by atoms with van der Waals surface area (Å²) in [4.78, 5) is 12.8. The first kappa shape index (κ1) is 25.1. The molecule has 0 saturated heterocycles. The number of hydrogen-bond acceptors (Lipinski definition) is 4. The van der Waals surface area contributed by atoms with Gasteiger partial charge in [0, 0.05) is 17.0 Å². The molecule has 3 aromatic rings. The first-order valence-electron chi connectivity index (χ1n) is 11.5. The SMILES string of the molecule is COc1ccc(C2CC(CNC(=O)c3ccc(C(C)(C)C)cc3)=NN2c2ccc(Cl)cc2Cl)cc1. The molecule has 3 aromatic carbocycles. The van der Waals surface area contributed by atoms with E-state index in [1.807, 2.05) is 59.6 Å². The molecule has 1 heterocycles. The topological polar surface area (TPSA) is 53.9 Å². The van der Waals surface area contributed by atoms with Crippen LogP contribution in [0.5, 0.6) is 5.75 Å². The average Bonchev–Trinajstić information content (AvgIpc) is 3.26. The van der Waals surface area contributed by atoms with Crippen LogP contribution in [0.3, 0.4) is 0 Å². The molecule has 1 unspecified atom stereocenters. The number of methoxy groups -OCH3 is 1. The number of amides is 1. The van der Waals surface area contributed by atoms with Crippen molar-refractivity contribution in [2.45, 2.75) is 38.6 Å². The Bertz CT molecular complexity index is 1230. The van der Waals surface area contributed by atoms with Gasteiger partial charge in [0.15, 0.2) is 0 Å². The fourth-order valence-electron chi connectivity index (χ4n) is 4.06. The highest BCUT2D eigenvalue weighted by molar-refractivity contribution is 6.36. The minimum absolute atomic E-state index is 0.0381. The van der Waals surface area contributed by atoms with Crippen LogP contribution < -0.4 is 15.1 Å². The molecule has 0 saturated carbocycles. The lowest BCUT2D eigenvalue weighted by Gasteiger charge is -2.25. The Morgan fingerprint density at radius 2 is 1.74 bits per heavy atom. The number of ether oxygens (including phenoxy) is 1. The molecular weight excluding hydrogens is 481 g/mol. The molecule has 0 radical (unpaired) electrons. The molecule has 35 heavy (non-hydrogen) atoms. The maximum absolute atomic E-state index is 12.8. The van der Waals surface area contributed by atoms with Crippen molar-refractivity contribution >= 4 is 40.5 Å². The Morgan fingerprint density at radius 3 is 2.34 bits per heavy atom. The summed E-state index contributed by atoms with van der Waals surface area (Å²) in [5.41, 5.74) is 4.54. The Balaban J connectivity index is 1.53. The summed E-state index contributed by atoms with van der Waals surface area (Å²) in [5.74, 6) is 0.658. The van der Waals surface area contributed by atoms with Crippen molar-refractivity contribution in [1.82, 2.24) is 5.32 Å². The normalized spacial score (nSPS) is 15.7. The lowest BCUT2D eigenvalue weighted by molar-refractivity contribution is 0.0959. The molecule has 182 valence electrons. The van der Waals surface area contributed by atoms with Gasteiger partial charge < -0.3 is 10.1 Å². The standard InChI is InChI=1S/C28H29Cl2N3O2/c1-28(2,3)20-9-5-19(6-10-20)27(34)31-17-22-16-26(18-7-12-23(35-4)13-8-18)33(32-22)25-14-11-21(29)15-24(25)30/h5-15,26H,16-17H2,1-4H3,(H,31,34). The third-order valence-electron chi connectivity index (χ3n) is 6.10. The predicted octanol–water partition coefficient (Wildman–Crippen LogP) is 7.04. The molecule has 0 aliphatic carbocycles. The van der Waals surface area contributed by atoms with Crippen molar-refractivity contribution in [2.24, 2.45) is 5.10 Å². The van der Waals surface area contributed by atoms with E-state index in [4.69, 9.17) is 33.0 Å². The largest absolute Gasteiger partial charge is 0.497 e. The number of nitrogens with zero attached hydrogens (tertiary/aromatic N) is 2. The van der Waals surface area contributed by atoms with Crippen molar-refractivity contribution in [1.29, 1.82) is 0 Å². The van der Waals surface area contributed by atoms with Crippen molar-refractivity contribution in [3.8, 4) is 5.75 Å². The summed E-state index contributed by atoms with van der Waals surface area (Å²) in [6, 6.07) is 20.9. The lowest BCUT2D eigenvalue weighted by Crippen LogP contribution is -2.29. The number of nitrogens with one attached hydrogen (secondary N) is 1. The number of carbonyl (C=O) groups excluding carboxylic acids is 1. The first-order chi connectivity index (χ1) is 16.7. The molecule has 0 fully saturated rings. The summed E-state index contributed by atoms with van der Waals surface area (Å²) >= 11 is 12.6. The minimum atomic E-state index is -0.128. The van der Waals surface area contributed by atoms with Crippen molar-refractivity contribution in [3.63, 3.8) is 0 Å². The smallest absolute Gasteiger partial charge is 0.251 e. The summed E-state index contributed by atoms with van der Waals surface area (Å²) in [7, 11) is 1.64. The van der Waals surface area contributed by atoms with Gasteiger partial charge in [0.05, 0.1) is 36.1 Å². The van der Waals surface area contributed by atoms with E-state index in [0.717, 1.165) is 22.7 Å². The minimum Gasteiger partial charge on any atom is -0.497 e. The van der Waals surface area contributed by atoms with Crippen LogP contribution in [-0.4, -0.2) is 25.3 Å². The fourth-order valence-corrected chi connectivity index (χ4v) is 4.56. The highest BCUT2D eigenvalue weighted by Gasteiger charge is 2.30. The molecule has 1 aliphatic heterocycles. The van der Waals surface area contributed by atoms with Gasteiger partial charge in [-0.1, -0.05) is 68.2 Å². The Kier molecular flexibility index (Phi) is 7.39. The zero-order valence-corrected chi connectivity index (χ0v) is 21.8. The van der Waals surface area contributed by atoms with E-state index in [1.54, 1.807) is 19.2 Å². The van der Waals surface area contributed by atoms with Crippen LogP contribution in [0.2, 0.25) is 10.0 Å². The zero-order chi connectivity index (χ0) is 25.2. The van der Waals surface area contributed by atoms with Gasteiger partial charge in [0.25, 0.3) is 5.91 Å². The summed E-state index contributed by atoms with van der Waals surface area (Å²) in [5, 5.41) is 10.8. The van der Waals surface area contributed by atoms with Crippen LogP contribution in [-0.2, 0) is 5.41 Å². The number of carbonyl (C=O) groups is 1. The Hall–Kier alpha value is -3.02. The number of anilines is 1. The molecular formula is C28H29Cl2N3O2. The number of benzene rings is 3. The second-order valence-corrected chi connectivity index (χ2v) is 10.5. The van der Waals surface area contributed by atoms with E-state index in [-0.39, 0.29) is 17.4 Å².